The standard InChI is InChI=1S/C14H22N2O2/c1-2-12-11(5-8-18-12)13(17)16-10-14(9-15)6-3-4-7-14/h5,8H,2-4,6-7,9-10,15H2,1H3,(H,16,17). The van der Waals surface area contributed by atoms with Gasteiger partial charge in [-0.3, -0.25) is 4.79 Å². The summed E-state index contributed by atoms with van der Waals surface area (Å²) in [6.07, 6.45) is 6.99. The van der Waals surface area contributed by atoms with Crippen molar-refractivity contribution in [3.8, 4) is 0 Å². The molecule has 1 aliphatic rings. The van der Waals surface area contributed by atoms with E-state index >= 15 is 0 Å². The number of carbonyl (C=O) groups is 1. The Kier molecular flexibility index (Phi) is 4.07. The molecule has 1 aliphatic carbocycles. The minimum Gasteiger partial charge on any atom is -0.469 e. The van der Waals surface area contributed by atoms with Gasteiger partial charge in [0.2, 0.25) is 0 Å². The largest absolute Gasteiger partial charge is 0.469 e. The summed E-state index contributed by atoms with van der Waals surface area (Å²) < 4.78 is 5.27. The van der Waals surface area contributed by atoms with Crippen molar-refractivity contribution in [1.29, 1.82) is 0 Å². The summed E-state index contributed by atoms with van der Waals surface area (Å²) in [4.78, 5) is 12.1. The number of nitrogens with two attached hydrogens (primary N) is 1. The van der Waals surface area contributed by atoms with Gasteiger partial charge in [-0.05, 0) is 30.9 Å². The van der Waals surface area contributed by atoms with Gasteiger partial charge in [0.25, 0.3) is 5.91 Å². The highest BCUT2D eigenvalue weighted by molar-refractivity contribution is 5.95. The van der Waals surface area contributed by atoms with E-state index in [4.69, 9.17) is 10.2 Å². The van der Waals surface area contributed by atoms with Gasteiger partial charge in [0.15, 0.2) is 0 Å². The third kappa shape index (κ3) is 2.58. The summed E-state index contributed by atoms with van der Waals surface area (Å²) in [7, 11) is 0. The maximum Gasteiger partial charge on any atom is 0.254 e. The lowest BCUT2D eigenvalue weighted by Gasteiger charge is -2.27. The first kappa shape index (κ1) is 13.1. The van der Waals surface area contributed by atoms with Crippen LogP contribution >= 0.6 is 0 Å². The van der Waals surface area contributed by atoms with Crippen molar-refractivity contribution in [2.45, 2.75) is 39.0 Å². The number of rotatable bonds is 5. The van der Waals surface area contributed by atoms with Gasteiger partial charge in [-0.15, -0.1) is 0 Å². The fraction of sp³-hybridized carbons (Fsp3) is 0.643. The van der Waals surface area contributed by atoms with Gasteiger partial charge >= 0.3 is 0 Å². The van der Waals surface area contributed by atoms with E-state index in [1.54, 1.807) is 12.3 Å². The average Bonchev–Trinajstić information content (AvgIpc) is 3.05. The fourth-order valence-corrected chi connectivity index (χ4v) is 2.76. The summed E-state index contributed by atoms with van der Waals surface area (Å²) in [5, 5.41) is 3.01. The molecule has 1 saturated carbocycles. The Morgan fingerprint density at radius 3 is 2.83 bits per heavy atom. The molecule has 0 unspecified atom stereocenters. The lowest BCUT2D eigenvalue weighted by molar-refractivity contribution is 0.0930. The molecule has 1 amide bonds. The van der Waals surface area contributed by atoms with Crippen LogP contribution in [0.2, 0.25) is 0 Å². The third-order valence-electron chi connectivity index (χ3n) is 4.03. The number of amides is 1. The van der Waals surface area contributed by atoms with Crippen LogP contribution in [0.25, 0.3) is 0 Å². The van der Waals surface area contributed by atoms with Crippen LogP contribution in [-0.2, 0) is 6.42 Å². The van der Waals surface area contributed by atoms with Gasteiger partial charge in [0, 0.05) is 13.0 Å². The Balaban J connectivity index is 1.96. The third-order valence-corrected chi connectivity index (χ3v) is 4.03. The van der Waals surface area contributed by atoms with Gasteiger partial charge in [0.1, 0.15) is 5.76 Å². The molecule has 0 atom stereocenters. The van der Waals surface area contributed by atoms with Crippen molar-refractivity contribution in [2.75, 3.05) is 13.1 Å². The van der Waals surface area contributed by atoms with Crippen molar-refractivity contribution in [3.63, 3.8) is 0 Å². The van der Waals surface area contributed by atoms with E-state index in [-0.39, 0.29) is 11.3 Å². The van der Waals surface area contributed by atoms with Gasteiger partial charge < -0.3 is 15.5 Å². The first-order valence-corrected chi connectivity index (χ1v) is 6.75. The molecule has 0 radical (unpaired) electrons. The van der Waals surface area contributed by atoms with Crippen molar-refractivity contribution in [1.82, 2.24) is 5.32 Å². The van der Waals surface area contributed by atoms with Crippen molar-refractivity contribution in [2.24, 2.45) is 11.1 Å². The molecule has 100 valence electrons. The zero-order chi connectivity index (χ0) is 13.0. The topological polar surface area (TPSA) is 68.3 Å². The summed E-state index contributed by atoms with van der Waals surface area (Å²) in [5.74, 6) is 0.709. The number of hydrogen-bond donors (Lipinski definition) is 2. The van der Waals surface area contributed by atoms with Crippen LogP contribution in [0, 0.1) is 5.41 Å². The Morgan fingerprint density at radius 1 is 1.50 bits per heavy atom. The Morgan fingerprint density at radius 2 is 2.22 bits per heavy atom. The lowest BCUT2D eigenvalue weighted by atomic mass is 9.86. The second-order valence-corrected chi connectivity index (χ2v) is 5.20. The average molecular weight is 250 g/mol. The first-order valence-electron chi connectivity index (χ1n) is 6.75. The van der Waals surface area contributed by atoms with E-state index < -0.39 is 0 Å². The number of nitrogens with one attached hydrogen (secondary N) is 1. The zero-order valence-corrected chi connectivity index (χ0v) is 11.0. The zero-order valence-electron chi connectivity index (χ0n) is 11.0. The highest BCUT2D eigenvalue weighted by atomic mass is 16.3. The Bertz CT molecular complexity index is 406. The monoisotopic (exact) mass is 250 g/mol. The Hall–Kier alpha value is -1.29. The maximum atomic E-state index is 12.1. The number of carbonyl (C=O) groups excluding carboxylic acids is 1. The van der Waals surface area contributed by atoms with E-state index in [1.165, 1.54) is 12.8 Å². The minimum atomic E-state index is -0.0414. The van der Waals surface area contributed by atoms with Crippen LogP contribution in [-0.4, -0.2) is 19.0 Å². The molecule has 1 aromatic rings. The molecule has 4 nitrogen and oxygen atoms in total. The predicted molar refractivity (Wildman–Crippen MR) is 70.4 cm³/mol. The van der Waals surface area contributed by atoms with E-state index in [2.05, 4.69) is 5.32 Å². The normalized spacial score (nSPS) is 17.9. The molecule has 0 aromatic carbocycles. The van der Waals surface area contributed by atoms with Crippen molar-refractivity contribution < 1.29 is 9.21 Å². The van der Waals surface area contributed by atoms with Crippen molar-refractivity contribution >= 4 is 5.91 Å². The molecular weight excluding hydrogens is 228 g/mol. The van der Waals surface area contributed by atoms with Crippen LogP contribution in [0.4, 0.5) is 0 Å². The minimum absolute atomic E-state index is 0.0414. The highest BCUT2D eigenvalue weighted by Crippen LogP contribution is 2.36. The fourth-order valence-electron chi connectivity index (χ4n) is 2.76. The molecule has 18 heavy (non-hydrogen) atoms. The first-order chi connectivity index (χ1) is 8.71. The van der Waals surface area contributed by atoms with E-state index in [9.17, 15) is 4.79 Å². The molecule has 0 saturated heterocycles. The van der Waals surface area contributed by atoms with Gasteiger partial charge in [0.05, 0.1) is 11.8 Å². The molecule has 0 spiro atoms. The van der Waals surface area contributed by atoms with Gasteiger partial charge in [-0.1, -0.05) is 19.8 Å². The highest BCUT2D eigenvalue weighted by Gasteiger charge is 2.32. The second-order valence-electron chi connectivity index (χ2n) is 5.20. The second kappa shape index (κ2) is 5.57. The molecule has 3 N–H and O–H groups in total. The number of aryl methyl sites for hydroxylation is 1. The molecule has 4 heteroatoms. The van der Waals surface area contributed by atoms with Crippen LogP contribution in [0.1, 0.15) is 48.7 Å². The Labute approximate surface area is 108 Å². The van der Waals surface area contributed by atoms with Crippen molar-refractivity contribution in [3.05, 3.63) is 23.7 Å². The maximum absolute atomic E-state index is 12.1. The van der Waals surface area contributed by atoms with E-state index in [0.717, 1.165) is 25.0 Å². The van der Waals surface area contributed by atoms with E-state index in [0.29, 0.717) is 18.7 Å². The quantitative estimate of drug-likeness (QED) is 0.840. The smallest absolute Gasteiger partial charge is 0.254 e. The molecular formula is C14H22N2O2. The molecule has 2 rings (SSSR count). The summed E-state index contributed by atoms with van der Waals surface area (Å²) in [6, 6.07) is 1.73. The predicted octanol–water partition coefficient (Wildman–Crippen LogP) is 2.09. The summed E-state index contributed by atoms with van der Waals surface area (Å²) >= 11 is 0. The van der Waals surface area contributed by atoms with Crippen LogP contribution in [0.5, 0.6) is 0 Å². The van der Waals surface area contributed by atoms with Gasteiger partial charge in [-0.25, -0.2) is 0 Å². The SMILES string of the molecule is CCc1occc1C(=O)NCC1(CN)CCCC1. The summed E-state index contributed by atoms with van der Waals surface area (Å²) in [6.45, 7) is 3.31. The molecule has 0 aliphatic heterocycles. The lowest BCUT2D eigenvalue weighted by Crippen LogP contribution is -2.40. The summed E-state index contributed by atoms with van der Waals surface area (Å²) in [5.41, 5.74) is 6.63. The molecule has 1 fully saturated rings. The molecule has 1 heterocycles. The molecule has 1 aromatic heterocycles. The van der Waals surface area contributed by atoms with Gasteiger partial charge in [-0.2, -0.15) is 0 Å². The number of furan rings is 1. The molecule has 0 bridgehead atoms. The van der Waals surface area contributed by atoms with Crippen LogP contribution in [0.15, 0.2) is 16.7 Å². The van der Waals surface area contributed by atoms with Crippen LogP contribution < -0.4 is 11.1 Å². The number of hydrogen-bond acceptors (Lipinski definition) is 3. The van der Waals surface area contributed by atoms with E-state index in [1.807, 2.05) is 6.92 Å². The van der Waals surface area contributed by atoms with Crippen LogP contribution in [0.3, 0.4) is 0 Å².